The van der Waals surface area contributed by atoms with Crippen LogP contribution in [0.15, 0.2) is 30.3 Å². The number of rotatable bonds is 8. The molecule has 0 bridgehead atoms. The number of carbonyl (C=O) groups excluding carboxylic acids is 1. The van der Waals surface area contributed by atoms with Gasteiger partial charge in [-0.3, -0.25) is 9.69 Å². The fraction of sp³-hybridized carbons (Fsp3) is 0.632. The highest BCUT2D eigenvalue weighted by Gasteiger charge is 2.21. The van der Waals surface area contributed by atoms with Crippen molar-refractivity contribution < 1.29 is 9.53 Å². The highest BCUT2D eigenvalue weighted by atomic mass is 16.5. The molecule has 1 aliphatic heterocycles. The maximum Gasteiger partial charge on any atom is 0.222 e. The standard InChI is InChI=1S/C19H30N2O2/c1-3-7-17(2)16-19(22)21-12-10-20(11-13-21)14-15-23-18-8-5-4-6-9-18/h4-6,8-9,17H,3,7,10-16H2,1-2H3. The Bertz CT molecular complexity index is 456. The first-order valence-corrected chi connectivity index (χ1v) is 8.87. The van der Waals surface area contributed by atoms with Crippen LogP contribution in [0.4, 0.5) is 0 Å². The fourth-order valence-electron chi connectivity index (χ4n) is 3.05. The maximum atomic E-state index is 12.3. The molecule has 1 saturated heterocycles. The maximum absolute atomic E-state index is 12.3. The van der Waals surface area contributed by atoms with Gasteiger partial charge in [0.25, 0.3) is 0 Å². The summed E-state index contributed by atoms with van der Waals surface area (Å²) in [4.78, 5) is 16.7. The van der Waals surface area contributed by atoms with Gasteiger partial charge in [0.05, 0.1) is 0 Å². The number of hydrogen-bond acceptors (Lipinski definition) is 3. The minimum absolute atomic E-state index is 0.325. The third kappa shape index (κ3) is 6.22. The van der Waals surface area contributed by atoms with Crippen LogP contribution in [0.25, 0.3) is 0 Å². The molecule has 0 aliphatic carbocycles. The van der Waals surface area contributed by atoms with Crippen molar-refractivity contribution in [1.82, 2.24) is 9.80 Å². The molecule has 1 heterocycles. The predicted molar refractivity (Wildman–Crippen MR) is 93.6 cm³/mol. The molecule has 0 N–H and O–H groups in total. The SMILES string of the molecule is CCCC(C)CC(=O)N1CCN(CCOc2ccccc2)CC1. The molecular weight excluding hydrogens is 288 g/mol. The Hall–Kier alpha value is -1.55. The molecule has 23 heavy (non-hydrogen) atoms. The Morgan fingerprint density at radius 3 is 2.52 bits per heavy atom. The van der Waals surface area contributed by atoms with Crippen LogP contribution >= 0.6 is 0 Å². The van der Waals surface area contributed by atoms with Crippen LogP contribution in [0.1, 0.15) is 33.1 Å². The first-order chi connectivity index (χ1) is 11.2. The lowest BCUT2D eigenvalue weighted by Crippen LogP contribution is -2.49. The molecule has 0 saturated carbocycles. The Morgan fingerprint density at radius 1 is 1.17 bits per heavy atom. The molecule has 1 aliphatic rings. The molecule has 1 atom stereocenters. The van der Waals surface area contributed by atoms with Gasteiger partial charge in [-0.1, -0.05) is 44.9 Å². The largest absolute Gasteiger partial charge is 0.492 e. The van der Waals surface area contributed by atoms with Crippen LogP contribution < -0.4 is 4.74 Å². The number of benzene rings is 1. The quantitative estimate of drug-likeness (QED) is 0.738. The molecule has 2 rings (SSSR count). The summed E-state index contributed by atoms with van der Waals surface area (Å²) >= 11 is 0. The summed E-state index contributed by atoms with van der Waals surface area (Å²) in [5.41, 5.74) is 0. The van der Waals surface area contributed by atoms with Crippen LogP contribution in [0.3, 0.4) is 0 Å². The van der Waals surface area contributed by atoms with Crippen molar-refractivity contribution >= 4 is 5.91 Å². The second-order valence-electron chi connectivity index (χ2n) is 6.48. The van der Waals surface area contributed by atoms with E-state index in [1.807, 2.05) is 35.2 Å². The summed E-state index contributed by atoms with van der Waals surface area (Å²) in [5, 5.41) is 0. The zero-order valence-electron chi connectivity index (χ0n) is 14.5. The lowest BCUT2D eigenvalue weighted by Gasteiger charge is -2.35. The monoisotopic (exact) mass is 318 g/mol. The van der Waals surface area contributed by atoms with Gasteiger partial charge in [-0.2, -0.15) is 0 Å². The number of carbonyl (C=O) groups is 1. The highest BCUT2D eigenvalue weighted by Crippen LogP contribution is 2.13. The fourth-order valence-corrected chi connectivity index (χ4v) is 3.05. The molecule has 4 heteroatoms. The van der Waals surface area contributed by atoms with Gasteiger partial charge in [-0.15, -0.1) is 0 Å². The Balaban J connectivity index is 1.62. The van der Waals surface area contributed by atoms with Crippen molar-refractivity contribution in [2.75, 3.05) is 39.3 Å². The van der Waals surface area contributed by atoms with Crippen molar-refractivity contribution in [2.24, 2.45) is 5.92 Å². The van der Waals surface area contributed by atoms with Crippen LogP contribution in [0, 0.1) is 5.92 Å². The van der Waals surface area contributed by atoms with E-state index in [-0.39, 0.29) is 0 Å². The third-order valence-corrected chi connectivity index (χ3v) is 4.45. The average Bonchev–Trinajstić information content (AvgIpc) is 2.56. The van der Waals surface area contributed by atoms with Gasteiger partial charge in [0.2, 0.25) is 5.91 Å². The lowest BCUT2D eigenvalue weighted by atomic mass is 10.0. The van der Waals surface area contributed by atoms with E-state index in [1.54, 1.807) is 0 Å². The predicted octanol–water partition coefficient (Wildman–Crippen LogP) is 3.04. The van der Waals surface area contributed by atoms with Gasteiger partial charge in [0.15, 0.2) is 0 Å². The smallest absolute Gasteiger partial charge is 0.222 e. The van der Waals surface area contributed by atoms with Crippen LogP contribution in [0.5, 0.6) is 5.75 Å². The molecule has 1 unspecified atom stereocenters. The molecule has 1 aromatic carbocycles. The van der Waals surface area contributed by atoms with E-state index in [4.69, 9.17) is 4.74 Å². The van der Waals surface area contributed by atoms with E-state index in [0.717, 1.165) is 51.3 Å². The summed E-state index contributed by atoms with van der Waals surface area (Å²) < 4.78 is 5.74. The van der Waals surface area contributed by atoms with Crippen LogP contribution in [0.2, 0.25) is 0 Å². The average molecular weight is 318 g/mol. The van der Waals surface area contributed by atoms with Gasteiger partial charge in [0.1, 0.15) is 12.4 Å². The van der Waals surface area contributed by atoms with E-state index >= 15 is 0 Å². The van der Waals surface area contributed by atoms with Crippen molar-refractivity contribution in [3.63, 3.8) is 0 Å². The first-order valence-electron chi connectivity index (χ1n) is 8.87. The topological polar surface area (TPSA) is 32.8 Å². The van der Waals surface area contributed by atoms with Crippen molar-refractivity contribution in [3.05, 3.63) is 30.3 Å². The number of piperazine rings is 1. The molecule has 1 aromatic rings. The Morgan fingerprint density at radius 2 is 1.87 bits per heavy atom. The number of ether oxygens (including phenoxy) is 1. The van der Waals surface area contributed by atoms with E-state index in [9.17, 15) is 4.79 Å². The third-order valence-electron chi connectivity index (χ3n) is 4.45. The minimum Gasteiger partial charge on any atom is -0.492 e. The van der Waals surface area contributed by atoms with Gasteiger partial charge in [-0.25, -0.2) is 0 Å². The summed E-state index contributed by atoms with van der Waals surface area (Å²) in [6, 6.07) is 9.92. The molecule has 0 radical (unpaired) electrons. The van der Waals surface area contributed by atoms with E-state index < -0.39 is 0 Å². The second-order valence-corrected chi connectivity index (χ2v) is 6.48. The van der Waals surface area contributed by atoms with Gasteiger partial charge in [0, 0.05) is 39.1 Å². The van der Waals surface area contributed by atoms with Crippen molar-refractivity contribution in [3.8, 4) is 5.75 Å². The molecule has 0 spiro atoms. The summed E-state index contributed by atoms with van der Waals surface area (Å²) in [6.45, 7) is 9.58. The van der Waals surface area contributed by atoms with Crippen LogP contribution in [-0.4, -0.2) is 55.0 Å². The summed E-state index contributed by atoms with van der Waals surface area (Å²) in [5.74, 6) is 1.75. The van der Waals surface area contributed by atoms with E-state index in [0.29, 0.717) is 24.9 Å². The minimum atomic E-state index is 0.325. The normalized spacial score (nSPS) is 17.0. The summed E-state index contributed by atoms with van der Waals surface area (Å²) in [6.07, 6.45) is 3.00. The van der Waals surface area contributed by atoms with E-state index in [2.05, 4.69) is 18.7 Å². The number of para-hydroxylation sites is 1. The van der Waals surface area contributed by atoms with Crippen molar-refractivity contribution in [1.29, 1.82) is 0 Å². The first kappa shape index (κ1) is 17.8. The lowest BCUT2D eigenvalue weighted by molar-refractivity contribution is -0.133. The van der Waals surface area contributed by atoms with Crippen LogP contribution in [-0.2, 0) is 4.79 Å². The Kier molecular flexibility index (Phi) is 7.40. The van der Waals surface area contributed by atoms with Gasteiger partial charge in [-0.05, 0) is 18.1 Å². The zero-order chi connectivity index (χ0) is 16.5. The zero-order valence-corrected chi connectivity index (χ0v) is 14.5. The molecule has 4 nitrogen and oxygen atoms in total. The number of hydrogen-bond donors (Lipinski definition) is 0. The van der Waals surface area contributed by atoms with Gasteiger partial charge >= 0.3 is 0 Å². The van der Waals surface area contributed by atoms with E-state index in [1.165, 1.54) is 0 Å². The number of nitrogens with zero attached hydrogens (tertiary/aromatic N) is 2. The molecule has 0 aromatic heterocycles. The highest BCUT2D eigenvalue weighted by molar-refractivity contribution is 5.76. The Labute approximate surface area is 140 Å². The summed E-state index contributed by atoms with van der Waals surface area (Å²) in [7, 11) is 0. The second kappa shape index (κ2) is 9.56. The molecule has 1 amide bonds. The molecular formula is C19H30N2O2. The molecule has 128 valence electrons. The van der Waals surface area contributed by atoms with Crippen molar-refractivity contribution in [2.45, 2.75) is 33.1 Å². The number of amides is 1. The molecule has 1 fully saturated rings. The van der Waals surface area contributed by atoms with Gasteiger partial charge < -0.3 is 9.64 Å².